The summed E-state index contributed by atoms with van der Waals surface area (Å²) in [5, 5.41) is 12.8. The first-order valence-electron chi connectivity index (χ1n) is 10.5. The van der Waals surface area contributed by atoms with Crippen molar-refractivity contribution in [2.75, 3.05) is 11.1 Å². The molecule has 0 spiro atoms. The van der Waals surface area contributed by atoms with Crippen molar-refractivity contribution < 1.29 is 18.0 Å². The van der Waals surface area contributed by atoms with Crippen LogP contribution in [0.1, 0.15) is 59.3 Å². The van der Waals surface area contributed by atoms with E-state index in [1.807, 2.05) is 6.07 Å². The summed E-state index contributed by atoms with van der Waals surface area (Å²) in [5.74, 6) is 1.79. The van der Waals surface area contributed by atoms with Crippen molar-refractivity contribution in [2.24, 2.45) is 23.2 Å². The van der Waals surface area contributed by atoms with Crippen molar-refractivity contribution in [3.05, 3.63) is 40.3 Å². The number of ketones is 1. The molecule has 4 aliphatic carbocycles. The Kier molecular flexibility index (Phi) is 4.60. The molecule has 4 bridgehead atoms. The minimum Gasteiger partial charge on any atom is -0.396 e. The molecule has 8 heteroatoms. The van der Waals surface area contributed by atoms with E-state index < -0.39 is 17.2 Å². The smallest absolute Gasteiger partial charge is 0.396 e. The van der Waals surface area contributed by atoms with Crippen LogP contribution in [0, 0.1) is 34.5 Å². The predicted octanol–water partition coefficient (Wildman–Crippen LogP) is 6.36. The van der Waals surface area contributed by atoms with Gasteiger partial charge < -0.3 is 11.1 Å². The van der Waals surface area contributed by atoms with Crippen LogP contribution in [-0.4, -0.2) is 5.78 Å². The fourth-order valence-corrected chi connectivity index (χ4v) is 7.50. The number of nitrogens with zero attached hydrogens (tertiary/aromatic N) is 1. The van der Waals surface area contributed by atoms with Crippen LogP contribution >= 0.6 is 11.3 Å². The molecule has 2 aromatic rings. The van der Waals surface area contributed by atoms with Crippen LogP contribution in [0.2, 0.25) is 0 Å². The van der Waals surface area contributed by atoms with Crippen molar-refractivity contribution in [1.82, 2.24) is 0 Å². The molecule has 162 valence electrons. The number of benzene rings is 1. The second-order valence-electron chi connectivity index (χ2n) is 9.39. The Balaban J connectivity index is 1.47. The molecule has 0 amide bonds. The molecule has 0 aliphatic heterocycles. The van der Waals surface area contributed by atoms with Gasteiger partial charge in [-0.05, 0) is 74.5 Å². The summed E-state index contributed by atoms with van der Waals surface area (Å²) in [6.07, 6.45) is 1.80. The van der Waals surface area contributed by atoms with Crippen molar-refractivity contribution in [3.63, 3.8) is 0 Å². The molecule has 0 unspecified atom stereocenters. The molecule has 1 aromatic carbocycles. The largest absolute Gasteiger partial charge is 0.416 e. The summed E-state index contributed by atoms with van der Waals surface area (Å²) in [6.45, 7) is 0. The van der Waals surface area contributed by atoms with Crippen LogP contribution in [0.15, 0.2) is 24.3 Å². The number of nitriles is 1. The molecule has 4 aliphatic rings. The van der Waals surface area contributed by atoms with Crippen molar-refractivity contribution in [3.8, 4) is 6.07 Å². The van der Waals surface area contributed by atoms with Gasteiger partial charge in [-0.25, -0.2) is 0 Å². The maximum Gasteiger partial charge on any atom is 0.416 e. The van der Waals surface area contributed by atoms with E-state index in [1.54, 1.807) is 0 Å². The molecule has 6 rings (SSSR count). The van der Waals surface area contributed by atoms with Crippen molar-refractivity contribution in [1.29, 1.82) is 5.26 Å². The Hall–Kier alpha value is -2.53. The number of nitrogens with one attached hydrogen (secondary N) is 1. The number of carbonyl (C=O) groups is 1. The van der Waals surface area contributed by atoms with Crippen LogP contribution in [0.25, 0.3) is 0 Å². The van der Waals surface area contributed by atoms with Gasteiger partial charge in [0.25, 0.3) is 0 Å². The second-order valence-corrected chi connectivity index (χ2v) is 10.4. The van der Waals surface area contributed by atoms with Gasteiger partial charge in [-0.15, -0.1) is 11.3 Å². The molecule has 3 N–H and O–H groups in total. The molecule has 1 heterocycles. The fraction of sp³-hybridized carbons (Fsp3) is 0.478. The van der Waals surface area contributed by atoms with E-state index >= 15 is 0 Å². The van der Waals surface area contributed by atoms with Gasteiger partial charge in [0.2, 0.25) is 0 Å². The van der Waals surface area contributed by atoms with Gasteiger partial charge in [-0.2, -0.15) is 18.4 Å². The maximum absolute atomic E-state index is 13.7. The first kappa shape index (κ1) is 20.4. The third kappa shape index (κ3) is 3.39. The third-order valence-electron chi connectivity index (χ3n) is 7.23. The minimum absolute atomic E-state index is 0.0164. The normalized spacial score (nSPS) is 29.0. The van der Waals surface area contributed by atoms with E-state index in [0.29, 0.717) is 27.6 Å². The summed E-state index contributed by atoms with van der Waals surface area (Å²) in [5.41, 5.74) is 5.51. The number of Topliss-reactive ketones (excluding diaryl/α,β-unsaturated/α-hetero) is 1. The lowest BCUT2D eigenvalue weighted by Crippen LogP contribution is -2.49. The molecule has 1 aromatic heterocycles. The zero-order valence-electron chi connectivity index (χ0n) is 16.8. The van der Waals surface area contributed by atoms with Gasteiger partial charge in [0.1, 0.15) is 16.6 Å². The summed E-state index contributed by atoms with van der Waals surface area (Å²) in [4.78, 5) is 14.1. The van der Waals surface area contributed by atoms with E-state index in [1.165, 1.54) is 31.4 Å². The predicted molar refractivity (Wildman–Crippen MR) is 113 cm³/mol. The van der Waals surface area contributed by atoms with E-state index in [9.17, 15) is 23.2 Å². The Labute approximate surface area is 182 Å². The lowest BCUT2D eigenvalue weighted by molar-refractivity contribution is -0.137. The molecular formula is C23H22F3N3OS. The Morgan fingerprint density at radius 2 is 1.77 bits per heavy atom. The number of nitrogen functional groups attached to an aromatic ring is 1. The SMILES string of the molecule is N#Cc1c(Nc2cccc(C(F)(F)F)c2)sc(C(=O)C23CC4CC(CC(C4)C2)C3)c1N. The number of thiophene rings is 1. The number of anilines is 3. The number of hydrogen-bond acceptors (Lipinski definition) is 5. The lowest BCUT2D eigenvalue weighted by atomic mass is 9.48. The van der Waals surface area contributed by atoms with Gasteiger partial charge in [0, 0.05) is 11.1 Å². The third-order valence-corrected chi connectivity index (χ3v) is 8.35. The van der Waals surface area contributed by atoms with Crippen LogP contribution in [0.5, 0.6) is 0 Å². The van der Waals surface area contributed by atoms with Crippen LogP contribution in [0.3, 0.4) is 0 Å². The minimum atomic E-state index is -4.47. The topological polar surface area (TPSA) is 78.9 Å². The molecule has 4 fully saturated rings. The van der Waals surface area contributed by atoms with E-state index in [2.05, 4.69) is 5.32 Å². The first-order chi connectivity index (χ1) is 14.7. The quantitative estimate of drug-likeness (QED) is 0.537. The summed E-state index contributed by atoms with van der Waals surface area (Å²) >= 11 is 1.09. The zero-order valence-corrected chi connectivity index (χ0v) is 17.6. The van der Waals surface area contributed by atoms with Crippen LogP contribution < -0.4 is 11.1 Å². The molecule has 0 saturated heterocycles. The highest BCUT2D eigenvalue weighted by atomic mass is 32.1. The summed E-state index contributed by atoms with van der Waals surface area (Å²) in [7, 11) is 0. The van der Waals surface area contributed by atoms with Crippen molar-refractivity contribution in [2.45, 2.75) is 44.7 Å². The highest BCUT2D eigenvalue weighted by Crippen LogP contribution is 2.61. The average molecular weight is 446 g/mol. The van der Waals surface area contributed by atoms with Crippen LogP contribution in [0.4, 0.5) is 29.5 Å². The molecule has 31 heavy (non-hydrogen) atoms. The first-order valence-corrected chi connectivity index (χ1v) is 11.3. The fourth-order valence-electron chi connectivity index (χ4n) is 6.35. The lowest BCUT2D eigenvalue weighted by Gasteiger charge is -2.55. The van der Waals surface area contributed by atoms with Gasteiger partial charge in [0.15, 0.2) is 5.78 Å². The monoisotopic (exact) mass is 445 g/mol. The Morgan fingerprint density at radius 3 is 2.32 bits per heavy atom. The van der Waals surface area contributed by atoms with Crippen LogP contribution in [-0.2, 0) is 6.18 Å². The summed E-state index contributed by atoms with van der Waals surface area (Å²) < 4.78 is 39.1. The molecular weight excluding hydrogens is 423 g/mol. The Morgan fingerprint density at radius 1 is 1.16 bits per heavy atom. The maximum atomic E-state index is 13.7. The van der Waals surface area contributed by atoms with Crippen molar-refractivity contribution >= 4 is 33.5 Å². The number of carbonyl (C=O) groups excluding carboxylic acids is 1. The highest BCUT2D eigenvalue weighted by Gasteiger charge is 2.55. The zero-order chi connectivity index (χ0) is 22.0. The van der Waals surface area contributed by atoms with E-state index in [4.69, 9.17) is 5.73 Å². The molecule has 4 nitrogen and oxygen atoms in total. The molecule has 4 saturated carbocycles. The van der Waals surface area contributed by atoms with Gasteiger partial charge in [0.05, 0.1) is 16.1 Å². The number of alkyl halides is 3. The highest BCUT2D eigenvalue weighted by molar-refractivity contribution is 7.19. The molecule has 0 atom stereocenters. The van der Waals surface area contributed by atoms with E-state index in [-0.39, 0.29) is 22.7 Å². The second kappa shape index (κ2) is 6.99. The Bertz CT molecular complexity index is 1060. The molecule has 0 radical (unpaired) electrons. The van der Waals surface area contributed by atoms with Gasteiger partial charge in [-0.3, -0.25) is 4.79 Å². The number of nitrogens with two attached hydrogens (primary N) is 1. The van der Waals surface area contributed by atoms with Gasteiger partial charge in [-0.1, -0.05) is 6.07 Å². The number of rotatable bonds is 4. The van der Waals surface area contributed by atoms with Gasteiger partial charge >= 0.3 is 6.18 Å². The summed E-state index contributed by atoms with van der Waals surface area (Å²) in [6, 6.07) is 6.79. The number of halogens is 3. The van der Waals surface area contributed by atoms with E-state index in [0.717, 1.165) is 42.7 Å². The average Bonchev–Trinajstić information content (AvgIpc) is 3.00. The number of hydrogen-bond donors (Lipinski definition) is 2. The standard InChI is InChI=1S/C23H22F3N3OS/c24-23(25,26)15-2-1-3-16(7-15)29-21-17(11-27)18(28)19(31-21)20(30)22-8-12-4-13(9-22)6-14(5-12)10-22/h1-3,7,12-14,29H,4-6,8-10,28H2.